The molecule has 704 valence electrons. The largest absolute Gasteiger partial charge is 0.394 e. The molecule has 1 aliphatic rings. The molecule has 1 saturated heterocycles. The summed E-state index contributed by atoms with van der Waals surface area (Å²) in [4.78, 5) is 274. The standard InChI is InChI=1S/C82H144N20O22/c1-28-80(25,98-61(112)49(34-36-56(84)107)90-71(122)81(26,29-2)101-72(123)82(27,30-3)97-58(109)45(10)85-60(111)53(41-104)92-66(117)74(13,14)93-47(12)105)70(121)91-51(39-43(6)7)63(114)95-75(15,16)65(116)86-46(11)57(108)94-77(19,20)69(120)100-79(23,24)73(124)102-37-31-32-54(102)64(115)87-50(38-42(4)5)62(113)96-78(21,22)68(119)99-76(17,18)67(118)89-48(33-35-55(83)106)59(110)88-52(40-103)44(8)9/h42-46,48-54,103-104H,28-41H2,1-27H3,(H2,83,106)(H2,84,107)(H,85,111)(H,86,116)(H,87,115)(H,88,110)(H,89,118)(H,90,122)(H,91,121)(H,92,117)(H,93,105)(H,94,108)(H,95,114)(H,96,113)(H,97,109)(H,98,112)(H,99,119)(H,100,120)(H,101,123)/t45-,46-,48-,49-,50-,51-,52+,53-,54-,80+,81+,82+/m0/s1. The van der Waals surface area contributed by atoms with Crippen LogP contribution in [0.4, 0.5) is 0 Å². The highest BCUT2D eigenvalue weighted by Gasteiger charge is 2.49. The zero-order valence-corrected chi connectivity index (χ0v) is 77.5. The average molecular weight is 1760 g/mol. The van der Waals surface area contributed by atoms with Crippen molar-refractivity contribution in [2.75, 3.05) is 19.8 Å². The SMILES string of the molecule is CC[C@@](C)(NC(=O)[C@H](C)NC(=O)[C@H](CO)NC(=O)C(C)(C)NC(C)=O)C(=O)N[C@](C)(CC)C(=O)N[C@@H](CCC(N)=O)C(=O)N[C@](C)(CC)C(=O)N[C@@H](CC(C)C)C(=O)NC(C)(C)C(=O)N[C@@H](C)C(=O)NC(C)(C)C(=O)NC(C)(C)C(=O)N1CCC[C@H]1C(=O)N[C@@H](CC(C)C)C(=O)NC(C)(C)C(=O)NC(C)(C)C(=O)N[C@@H](CCC(N)=O)C(=O)N[C@H](CO)C(C)C. The Hall–Kier alpha value is -10.7. The van der Waals surface area contributed by atoms with Crippen molar-refractivity contribution in [2.24, 2.45) is 29.2 Å². The quantitative estimate of drug-likeness (QED) is 0.0280. The van der Waals surface area contributed by atoms with Crippen LogP contribution in [0.2, 0.25) is 0 Å². The monoisotopic (exact) mass is 1760 g/mol. The summed E-state index contributed by atoms with van der Waals surface area (Å²) >= 11 is 0. The summed E-state index contributed by atoms with van der Waals surface area (Å²) in [6.07, 6.45) is -1.22. The average Bonchev–Trinajstić information content (AvgIpc) is 1.68. The van der Waals surface area contributed by atoms with Crippen LogP contribution in [-0.2, 0) is 95.9 Å². The van der Waals surface area contributed by atoms with Gasteiger partial charge in [-0.2, -0.15) is 0 Å². The minimum atomic E-state index is -1.87. The van der Waals surface area contributed by atoms with Gasteiger partial charge in [-0.25, -0.2) is 0 Å². The lowest BCUT2D eigenvalue weighted by Gasteiger charge is -2.37. The molecule has 0 aromatic heterocycles. The number of amides is 20. The second-order valence-corrected chi connectivity index (χ2v) is 37.0. The maximum Gasteiger partial charge on any atom is 0.248 e. The van der Waals surface area contributed by atoms with Crippen molar-refractivity contribution in [3.05, 3.63) is 0 Å². The molecule has 0 aromatic carbocycles. The molecule has 42 heteroatoms. The zero-order chi connectivity index (χ0) is 96.5. The van der Waals surface area contributed by atoms with Crippen molar-refractivity contribution >= 4 is 118 Å². The van der Waals surface area contributed by atoms with Crippen molar-refractivity contribution in [3.63, 3.8) is 0 Å². The Morgan fingerprint density at radius 2 is 0.694 bits per heavy atom. The number of aliphatic hydroxyl groups is 2. The molecule has 0 unspecified atom stereocenters. The van der Waals surface area contributed by atoms with Gasteiger partial charge in [-0.1, -0.05) is 62.3 Å². The molecule has 0 bridgehead atoms. The lowest BCUT2D eigenvalue weighted by atomic mass is 9.91. The highest BCUT2D eigenvalue weighted by molar-refractivity contribution is 6.04. The van der Waals surface area contributed by atoms with Gasteiger partial charge in [-0.15, -0.1) is 0 Å². The van der Waals surface area contributed by atoms with Crippen LogP contribution < -0.4 is 102 Å². The van der Waals surface area contributed by atoms with Gasteiger partial charge in [-0.05, 0) is 193 Å². The van der Waals surface area contributed by atoms with Crippen LogP contribution in [0.1, 0.15) is 258 Å². The molecule has 42 nitrogen and oxygen atoms in total. The molecule has 0 spiro atoms. The van der Waals surface area contributed by atoms with Gasteiger partial charge in [0.25, 0.3) is 0 Å². The van der Waals surface area contributed by atoms with Gasteiger partial charge in [-0.3, -0.25) is 95.9 Å². The molecule has 1 aliphatic heterocycles. The third kappa shape index (κ3) is 33.4. The molecule has 1 heterocycles. The van der Waals surface area contributed by atoms with Gasteiger partial charge >= 0.3 is 0 Å². The van der Waals surface area contributed by atoms with Gasteiger partial charge in [0.15, 0.2) is 0 Å². The van der Waals surface area contributed by atoms with Gasteiger partial charge in [0, 0.05) is 26.3 Å². The first-order chi connectivity index (χ1) is 56.5. The fourth-order valence-corrected chi connectivity index (χ4v) is 12.4. The molecule has 0 aliphatic carbocycles. The predicted molar refractivity (Wildman–Crippen MR) is 456 cm³/mol. The molecule has 12 atom stereocenters. The maximum atomic E-state index is 14.5. The van der Waals surface area contributed by atoms with Crippen LogP contribution >= 0.6 is 0 Å². The molecule has 0 aromatic rings. The first-order valence-electron chi connectivity index (χ1n) is 42.0. The first kappa shape index (κ1) is 111. The van der Waals surface area contributed by atoms with Crippen molar-refractivity contribution in [2.45, 2.75) is 362 Å². The summed E-state index contributed by atoms with van der Waals surface area (Å²) in [7, 11) is 0. The highest BCUT2D eigenvalue weighted by Crippen LogP contribution is 2.25. The van der Waals surface area contributed by atoms with Crippen molar-refractivity contribution in [1.29, 1.82) is 0 Å². The van der Waals surface area contributed by atoms with E-state index in [9.17, 15) is 106 Å². The maximum absolute atomic E-state index is 14.5. The van der Waals surface area contributed by atoms with Crippen LogP contribution in [0, 0.1) is 17.8 Å². The van der Waals surface area contributed by atoms with E-state index in [1.54, 1.807) is 48.5 Å². The van der Waals surface area contributed by atoms with Crippen LogP contribution in [0.25, 0.3) is 0 Å². The van der Waals surface area contributed by atoms with Crippen molar-refractivity contribution < 1.29 is 106 Å². The summed E-state index contributed by atoms with van der Waals surface area (Å²) in [6, 6.07) is -11.8. The van der Waals surface area contributed by atoms with E-state index >= 15 is 0 Å². The lowest BCUT2D eigenvalue weighted by Crippen LogP contribution is -2.68. The second kappa shape index (κ2) is 46.3. The molecule has 124 heavy (non-hydrogen) atoms. The molecule has 1 fully saturated rings. The number of nitrogens with one attached hydrogen (secondary N) is 17. The Morgan fingerprint density at radius 1 is 0.355 bits per heavy atom. The Balaban J connectivity index is 3.30. The Kier molecular flexibility index (Phi) is 41.6. The second-order valence-electron chi connectivity index (χ2n) is 37.0. The van der Waals surface area contributed by atoms with Crippen molar-refractivity contribution in [1.82, 2.24) is 95.3 Å². The van der Waals surface area contributed by atoms with Crippen molar-refractivity contribution in [3.8, 4) is 0 Å². The molecular weight excluding hydrogens is 1620 g/mol. The number of nitrogens with zero attached hydrogens (tertiary/aromatic N) is 1. The fraction of sp³-hybridized carbons (Fsp3) is 0.756. The Morgan fingerprint density at radius 3 is 1.12 bits per heavy atom. The summed E-state index contributed by atoms with van der Waals surface area (Å²) in [5.74, 6) is -17.5. The smallest absolute Gasteiger partial charge is 0.248 e. The molecule has 23 N–H and O–H groups in total. The number of likely N-dealkylation sites (tertiary alicyclic amines) is 1. The van der Waals surface area contributed by atoms with Gasteiger partial charge in [0.05, 0.1) is 19.3 Å². The predicted octanol–water partition coefficient (Wildman–Crippen LogP) is -3.60. The third-order valence-corrected chi connectivity index (χ3v) is 21.5. The van der Waals surface area contributed by atoms with E-state index in [1.807, 2.05) is 0 Å². The normalized spacial score (nSPS) is 16.6. The fourth-order valence-electron chi connectivity index (χ4n) is 12.4. The third-order valence-electron chi connectivity index (χ3n) is 21.5. The number of primary amides is 2. The molecule has 0 saturated carbocycles. The lowest BCUT2D eigenvalue weighted by molar-refractivity contribution is -0.146. The van der Waals surface area contributed by atoms with Crippen LogP contribution in [0.15, 0.2) is 0 Å². The van der Waals surface area contributed by atoms with Gasteiger partial charge < -0.3 is 117 Å². The minimum Gasteiger partial charge on any atom is -0.394 e. The number of carbonyl (C=O) groups is 20. The van der Waals surface area contributed by atoms with E-state index in [-0.39, 0.29) is 75.7 Å². The van der Waals surface area contributed by atoms with Crippen LogP contribution in [0.5, 0.6) is 0 Å². The van der Waals surface area contributed by atoms with E-state index < -0.39 is 248 Å². The van der Waals surface area contributed by atoms with E-state index in [0.717, 1.165) is 0 Å². The van der Waals surface area contributed by atoms with E-state index in [1.165, 1.54) is 143 Å². The number of aliphatic hydroxyl groups excluding tert-OH is 2. The molecule has 20 amide bonds. The number of hydrogen-bond acceptors (Lipinski definition) is 22. The molecule has 1 rings (SSSR count). The summed E-state index contributed by atoms with van der Waals surface area (Å²) in [5, 5.41) is 63.4. The molecule has 0 radical (unpaired) electrons. The summed E-state index contributed by atoms with van der Waals surface area (Å²) in [6.45, 7) is 37.8. The first-order valence-corrected chi connectivity index (χ1v) is 42.0. The minimum absolute atomic E-state index is 0.0293. The van der Waals surface area contributed by atoms with Crippen LogP contribution in [0.3, 0.4) is 0 Å². The van der Waals surface area contributed by atoms with Gasteiger partial charge in [0.1, 0.15) is 98.2 Å². The topological polar surface area (TPSA) is 642 Å². The van der Waals surface area contributed by atoms with E-state index in [0.29, 0.717) is 6.42 Å². The Labute approximate surface area is 727 Å². The number of hydrogen-bond donors (Lipinski definition) is 21. The van der Waals surface area contributed by atoms with Crippen LogP contribution in [-0.4, -0.2) is 257 Å². The molecular formula is C82H144N20O22. The van der Waals surface area contributed by atoms with Gasteiger partial charge in [0.2, 0.25) is 118 Å². The number of nitrogens with two attached hydrogens (primary N) is 2. The number of carbonyl (C=O) groups excluding carboxylic acids is 20. The Bertz CT molecular complexity index is 3920. The van der Waals surface area contributed by atoms with E-state index in [4.69, 9.17) is 11.5 Å². The summed E-state index contributed by atoms with van der Waals surface area (Å²) in [5.41, 5.74) is -5.03. The highest BCUT2D eigenvalue weighted by atomic mass is 16.3. The number of rotatable bonds is 50. The zero-order valence-electron chi connectivity index (χ0n) is 77.5. The summed E-state index contributed by atoms with van der Waals surface area (Å²) < 4.78 is 0. The van der Waals surface area contributed by atoms with E-state index in [2.05, 4.69) is 90.4 Å².